The molecule has 1 saturated carbocycles. The Morgan fingerprint density at radius 3 is 2.63 bits per heavy atom. The van der Waals surface area contributed by atoms with Crippen LogP contribution in [-0.4, -0.2) is 35.0 Å². The molecule has 5 heteroatoms. The molecule has 1 aromatic heterocycles. The summed E-state index contributed by atoms with van der Waals surface area (Å²) < 4.78 is 18.6. The van der Waals surface area contributed by atoms with Crippen molar-refractivity contribution in [3.8, 4) is 5.88 Å². The molecule has 0 N–H and O–H groups in total. The van der Waals surface area contributed by atoms with Crippen molar-refractivity contribution in [1.29, 1.82) is 0 Å². The van der Waals surface area contributed by atoms with Gasteiger partial charge >= 0.3 is 0 Å². The number of hydrogen-bond acceptors (Lipinski definition) is 3. The lowest BCUT2D eigenvalue weighted by atomic mass is 10.1. The molecule has 0 atom stereocenters. The van der Waals surface area contributed by atoms with Crippen molar-refractivity contribution in [2.75, 3.05) is 13.1 Å². The van der Waals surface area contributed by atoms with E-state index in [0.717, 1.165) is 38.8 Å². The average molecular weight is 264 g/mol. The van der Waals surface area contributed by atoms with Gasteiger partial charge in [0.2, 0.25) is 17.7 Å². The molecular weight excluding hydrogens is 247 g/mol. The van der Waals surface area contributed by atoms with Crippen LogP contribution in [0.2, 0.25) is 0 Å². The van der Waals surface area contributed by atoms with Gasteiger partial charge in [-0.1, -0.05) is 6.07 Å². The molecule has 1 saturated heterocycles. The van der Waals surface area contributed by atoms with Gasteiger partial charge in [0, 0.05) is 37.9 Å². The van der Waals surface area contributed by atoms with Gasteiger partial charge in [0.15, 0.2) is 0 Å². The van der Waals surface area contributed by atoms with Crippen LogP contribution in [0.1, 0.15) is 25.7 Å². The highest BCUT2D eigenvalue weighted by Crippen LogP contribution is 2.32. The Hall–Kier alpha value is -1.65. The van der Waals surface area contributed by atoms with E-state index in [4.69, 9.17) is 4.74 Å². The van der Waals surface area contributed by atoms with Crippen LogP contribution in [0, 0.1) is 11.9 Å². The highest BCUT2D eigenvalue weighted by molar-refractivity contribution is 5.81. The Kier molecular flexibility index (Phi) is 3.36. The van der Waals surface area contributed by atoms with Crippen LogP contribution in [0.5, 0.6) is 5.88 Å². The Morgan fingerprint density at radius 2 is 2.00 bits per heavy atom. The minimum absolute atomic E-state index is 0.0255. The average Bonchev–Trinajstić information content (AvgIpc) is 3.23. The molecule has 2 aliphatic rings. The van der Waals surface area contributed by atoms with Crippen LogP contribution in [-0.2, 0) is 4.79 Å². The number of pyridine rings is 1. The van der Waals surface area contributed by atoms with Crippen molar-refractivity contribution in [3.05, 3.63) is 24.1 Å². The molecule has 2 fully saturated rings. The van der Waals surface area contributed by atoms with Crippen LogP contribution in [0.4, 0.5) is 4.39 Å². The number of amides is 1. The molecule has 0 bridgehead atoms. The van der Waals surface area contributed by atoms with E-state index in [1.807, 2.05) is 4.90 Å². The van der Waals surface area contributed by atoms with Crippen molar-refractivity contribution < 1.29 is 13.9 Å². The number of halogens is 1. The first-order valence-electron chi connectivity index (χ1n) is 6.80. The summed E-state index contributed by atoms with van der Waals surface area (Å²) in [5.41, 5.74) is 0. The van der Waals surface area contributed by atoms with E-state index in [1.165, 1.54) is 6.07 Å². The molecule has 4 nitrogen and oxygen atoms in total. The zero-order valence-electron chi connectivity index (χ0n) is 10.7. The van der Waals surface area contributed by atoms with Crippen LogP contribution in [0.3, 0.4) is 0 Å². The van der Waals surface area contributed by atoms with E-state index in [-0.39, 0.29) is 12.0 Å². The van der Waals surface area contributed by atoms with Gasteiger partial charge in [-0.15, -0.1) is 0 Å². The molecule has 102 valence electrons. The van der Waals surface area contributed by atoms with E-state index in [0.29, 0.717) is 11.8 Å². The summed E-state index contributed by atoms with van der Waals surface area (Å²) in [6.07, 6.45) is 3.69. The van der Waals surface area contributed by atoms with Crippen LogP contribution in [0.15, 0.2) is 18.2 Å². The number of ether oxygens (including phenoxy) is 1. The van der Waals surface area contributed by atoms with Crippen molar-refractivity contribution in [2.45, 2.75) is 31.8 Å². The fraction of sp³-hybridized carbons (Fsp3) is 0.571. The highest BCUT2D eigenvalue weighted by Gasteiger charge is 2.35. The van der Waals surface area contributed by atoms with E-state index < -0.39 is 5.95 Å². The number of piperidine rings is 1. The third kappa shape index (κ3) is 3.03. The Labute approximate surface area is 111 Å². The monoisotopic (exact) mass is 264 g/mol. The quantitative estimate of drug-likeness (QED) is 0.784. The molecule has 19 heavy (non-hydrogen) atoms. The lowest BCUT2D eigenvalue weighted by Crippen LogP contribution is -2.42. The number of carbonyl (C=O) groups is 1. The predicted octanol–water partition coefficient (Wildman–Crippen LogP) is 2.00. The number of carbonyl (C=O) groups excluding carboxylic acids is 1. The fourth-order valence-electron chi connectivity index (χ4n) is 2.41. The summed E-state index contributed by atoms with van der Waals surface area (Å²) in [5.74, 6) is 0.371. The van der Waals surface area contributed by atoms with Gasteiger partial charge in [0.1, 0.15) is 6.10 Å². The number of nitrogens with zero attached hydrogens (tertiary/aromatic N) is 2. The maximum absolute atomic E-state index is 12.9. The third-order valence-electron chi connectivity index (χ3n) is 3.66. The zero-order chi connectivity index (χ0) is 13.2. The third-order valence-corrected chi connectivity index (χ3v) is 3.66. The van der Waals surface area contributed by atoms with Crippen LogP contribution in [0.25, 0.3) is 0 Å². The predicted molar refractivity (Wildman–Crippen MR) is 67.1 cm³/mol. The molecule has 1 aliphatic carbocycles. The Morgan fingerprint density at radius 1 is 1.26 bits per heavy atom. The molecule has 0 radical (unpaired) electrons. The van der Waals surface area contributed by atoms with E-state index in [9.17, 15) is 9.18 Å². The Balaban J connectivity index is 1.51. The SMILES string of the molecule is O=C(C1CC1)N1CCC(Oc2cccc(F)n2)CC1. The normalized spacial score (nSPS) is 20.4. The lowest BCUT2D eigenvalue weighted by molar-refractivity contribution is -0.134. The summed E-state index contributed by atoms with van der Waals surface area (Å²) in [4.78, 5) is 17.5. The summed E-state index contributed by atoms with van der Waals surface area (Å²) in [6.45, 7) is 1.46. The summed E-state index contributed by atoms with van der Waals surface area (Å²) >= 11 is 0. The molecule has 1 amide bonds. The molecule has 0 spiro atoms. The minimum Gasteiger partial charge on any atom is -0.474 e. The first-order chi connectivity index (χ1) is 9.22. The molecule has 0 aromatic carbocycles. The van der Waals surface area contributed by atoms with Gasteiger partial charge in [-0.2, -0.15) is 9.37 Å². The van der Waals surface area contributed by atoms with Gasteiger partial charge in [0.05, 0.1) is 0 Å². The largest absolute Gasteiger partial charge is 0.474 e. The van der Waals surface area contributed by atoms with E-state index in [1.54, 1.807) is 12.1 Å². The van der Waals surface area contributed by atoms with E-state index in [2.05, 4.69) is 4.98 Å². The van der Waals surface area contributed by atoms with Crippen molar-refractivity contribution in [1.82, 2.24) is 9.88 Å². The van der Waals surface area contributed by atoms with Gasteiger partial charge < -0.3 is 9.64 Å². The molecule has 2 heterocycles. The number of hydrogen-bond donors (Lipinski definition) is 0. The Bertz CT molecular complexity index is 468. The maximum atomic E-state index is 12.9. The van der Waals surface area contributed by atoms with Gasteiger partial charge in [-0.25, -0.2) is 0 Å². The molecule has 1 aromatic rings. The van der Waals surface area contributed by atoms with Gasteiger partial charge in [-0.3, -0.25) is 4.79 Å². The smallest absolute Gasteiger partial charge is 0.225 e. The minimum atomic E-state index is -0.529. The standard InChI is InChI=1S/C14H17FN2O2/c15-12-2-1-3-13(16-12)19-11-6-8-17(9-7-11)14(18)10-4-5-10/h1-3,10-11H,4-9H2. The number of likely N-dealkylation sites (tertiary alicyclic amines) is 1. The highest BCUT2D eigenvalue weighted by atomic mass is 19.1. The summed E-state index contributed by atoms with van der Waals surface area (Å²) in [5, 5.41) is 0. The number of aromatic nitrogens is 1. The summed E-state index contributed by atoms with van der Waals surface area (Å²) in [6, 6.07) is 4.54. The topological polar surface area (TPSA) is 42.4 Å². The number of rotatable bonds is 3. The second kappa shape index (κ2) is 5.15. The molecule has 0 unspecified atom stereocenters. The summed E-state index contributed by atoms with van der Waals surface area (Å²) in [7, 11) is 0. The van der Waals surface area contributed by atoms with Crippen LogP contribution >= 0.6 is 0 Å². The molecular formula is C14H17FN2O2. The van der Waals surface area contributed by atoms with E-state index >= 15 is 0 Å². The second-order valence-corrected chi connectivity index (χ2v) is 5.22. The first-order valence-corrected chi connectivity index (χ1v) is 6.80. The van der Waals surface area contributed by atoms with Crippen molar-refractivity contribution >= 4 is 5.91 Å². The van der Waals surface area contributed by atoms with Crippen molar-refractivity contribution in [3.63, 3.8) is 0 Å². The second-order valence-electron chi connectivity index (χ2n) is 5.22. The maximum Gasteiger partial charge on any atom is 0.225 e. The van der Waals surface area contributed by atoms with Crippen LogP contribution < -0.4 is 4.74 Å². The van der Waals surface area contributed by atoms with Gasteiger partial charge in [0.25, 0.3) is 0 Å². The van der Waals surface area contributed by atoms with Crippen molar-refractivity contribution in [2.24, 2.45) is 5.92 Å². The molecule has 3 rings (SSSR count). The zero-order valence-corrected chi connectivity index (χ0v) is 10.7. The molecule has 1 aliphatic heterocycles. The van der Waals surface area contributed by atoms with Gasteiger partial charge in [-0.05, 0) is 18.9 Å². The first kappa shape index (κ1) is 12.4. The fourth-order valence-corrected chi connectivity index (χ4v) is 2.41. The lowest BCUT2D eigenvalue weighted by Gasteiger charge is -2.32.